The van der Waals surface area contributed by atoms with Crippen molar-refractivity contribution in [2.45, 2.75) is 6.42 Å². The maximum absolute atomic E-state index is 11.2. The molecule has 0 aliphatic carbocycles. The largest absolute Gasteiger partial charge is 0.337 e. The number of anilines is 1. The molecule has 2 aromatic rings. The lowest BCUT2D eigenvalue weighted by Crippen LogP contribution is -2.03. The fourth-order valence-corrected chi connectivity index (χ4v) is 2.05. The molecule has 1 amide bonds. The Kier molecular flexibility index (Phi) is 1.94. The monoisotopic (exact) mass is 231 g/mol. The van der Waals surface area contributed by atoms with Crippen molar-refractivity contribution in [1.82, 2.24) is 9.97 Å². The lowest BCUT2D eigenvalue weighted by Gasteiger charge is -2.01. The summed E-state index contributed by atoms with van der Waals surface area (Å²) in [4.78, 5) is 17.2. The van der Waals surface area contributed by atoms with Crippen LogP contribution in [0.3, 0.4) is 0 Å². The highest BCUT2D eigenvalue weighted by Gasteiger charge is 2.17. The van der Waals surface area contributed by atoms with E-state index in [1.54, 1.807) is 0 Å². The highest BCUT2D eigenvalue weighted by atomic mass is 32.1. The molecular weight excluding hydrogens is 222 g/mol. The molecule has 5 heteroatoms. The van der Waals surface area contributed by atoms with Crippen LogP contribution in [0.15, 0.2) is 24.4 Å². The second-order valence-electron chi connectivity index (χ2n) is 3.75. The minimum Gasteiger partial charge on any atom is -0.337 e. The quantitative estimate of drug-likeness (QED) is 0.659. The van der Waals surface area contributed by atoms with Crippen molar-refractivity contribution < 1.29 is 4.79 Å². The molecule has 0 unspecified atom stereocenters. The van der Waals surface area contributed by atoms with Crippen molar-refractivity contribution in [1.29, 1.82) is 0 Å². The van der Waals surface area contributed by atoms with E-state index in [4.69, 9.17) is 12.2 Å². The van der Waals surface area contributed by atoms with E-state index in [1.807, 2.05) is 24.4 Å². The average molecular weight is 231 g/mol. The molecule has 4 nitrogen and oxygen atoms in total. The minimum absolute atomic E-state index is 0.0501. The molecule has 16 heavy (non-hydrogen) atoms. The number of amides is 1. The third kappa shape index (κ3) is 1.45. The molecule has 3 rings (SSSR count). The first-order valence-corrected chi connectivity index (χ1v) is 5.34. The van der Waals surface area contributed by atoms with Crippen LogP contribution in [0.2, 0.25) is 0 Å². The molecule has 0 spiro atoms. The van der Waals surface area contributed by atoms with Crippen LogP contribution in [0.4, 0.5) is 5.69 Å². The van der Waals surface area contributed by atoms with Gasteiger partial charge in [0.05, 0.1) is 12.1 Å². The Morgan fingerprint density at radius 3 is 2.94 bits per heavy atom. The van der Waals surface area contributed by atoms with Crippen LogP contribution in [0, 0.1) is 4.77 Å². The number of benzene rings is 1. The fourth-order valence-electron chi connectivity index (χ4n) is 1.88. The number of carbonyl (C=O) groups is 1. The number of imidazole rings is 1. The smallest absolute Gasteiger partial charge is 0.228 e. The van der Waals surface area contributed by atoms with E-state index >= 15 is 0 Å². The van der Waals surface area contributed by atoms with E-state index in [0.717, 1.165) is 22.5 Å². The Balaban J connectivity index is 2.08. The first-order chi connectivity index (χ1) is 7.72. The van der Waals surface area contributed by atoms with E-state index in [2.05, 4.69) is 15.3 Å². The molecule has 0 saturated carbocycles. The van der Waals surface area contributed by atoms with Gasteiger partial charge in [-0.1, -0.05) is 6.07 Å². The van der Waals surface area contributed by atoms with Crippen LogP contribution in [-0.4, -0.2) is 15.9 Å². The summed E-state index contributed by atoms with van der Waals surface area (Å²) < 4.78 is 0.602. The maximum Gasteiger partial charge on any atom is 0.228 e. The van der Waals surface area contributed by atoms with Gasteiger partial charge >= 0.3 is 0 Å². The minimum atomic E-state index is 0.0501. The molecule has 0 radical (unpaired) electrons. The molecule has 0 atom stereocenters. The molecule has 1 aromatic carbocycles. The molecule has 0 fully saturated rings. The fraction of sp³-hybridized carbons (Fsp3) is 0.0909. The lowest BCUT2D eigenvalue weighted by molar-refractivity contribution is -0.115. The number of hydrogen-bond donors (Lipinski definition) is 3. The Bertz CT molecular complexity index is 626. The number of aromatic nitrogens is 2. The number of nitrogens with one attached hydrogen (secondary N) is 3. The first kappa shape index (κ1) is 9.35. The number of hydrogen-bond acceptors (Lipinski definition) is 2. The number of rotatable bonds is 1. The van der Waals surface area contributed by atoms with E-state index in [-0.39, 0.29) is 5.91 Å². The van der Waals surface area contributed by atoms with Gasteiger partial charge < -0.3 is 15.3 Å². The van der Waals surface area contributed by atoms with Gasteiger partial charge in [-0.05, 0) is 35.5 Å². The first-order valence-electron chi connectivity index (χ1n) is 4.93. The molecule has 1 aliphatic rings. The van der Waals surface area contributed by atoms with Gasteiger partial charge in [0, 0.05) is 11.9 Å². The molecule has 1 aliphatic heterocycles. The van der Waals surface area contributed by atoms with Crippen LogP contribution < -0.4 is 5.32 Å². The molecule has 0 saturated heterocycles. The van der Waals surface area contributed by atoms with Crippen molar-refractivity contribution >= 4 is 23.8 Å². The Labute approximate surface area is 96.7 Å². The highest BCUT2D eigenvalue weighted by molar-refractivity contribution is 7.71. The Morgan fingerprint density at radius 2 is 2.19 bits per heavy atom. The molecule has 3 N–H and O–H groups in total. The molecular formula is C11H9N3OS. The van der Waals surface area contributed by atoms with Crippen molar-refractivity contribution in [3.8, 4) is 11.3 Å². The van der Waals surface area contributed by atoms with Gasteiger partial charge in [-0.15, -0.1) is 0 Å². The van der Waals surface area contributed by atoms with Gasteiger partial charge in [0.1, 0.15) is 0 Å². The summed E-state index contributed by atoms with van der Waals surface area (Å²) in [7, 11) is 0. The normalized spacial score (nSPS) is 13.6. The van der Waals surface area contributed by atoms with Crippen LogP contribution in [0.5, 0.6) is 0 Å². The second kappa shape index (κ2) is 3.31. The third-order valence-electron chi connectivity index (χ3n) is 2.64. The van der Waals surface area contributed by atoms with Crippen molar-refractivity contribution in [2.24, 2.45) is 0 Å². The van der Waals surface area contributed by atoms with Crippen LogP contribution in [0.1, 0.15) is 5.56 Å². The van der Waals surface area contributed by atoms with E-state index in [1.165, 1.54) is 0 Å². The SMILES string of the molecule is O=C1Cc2cc(-c3c[nH]c(=S)[nH]3)ccc2N1. The number of aromatic amines is 2. The van der Waals surface area contributed by atoms with E-state index < -0.39 is 0 Å². The zero-order valence-electron chi connectivity index (χ0n) is 8.33. The Hall–Kier alpha value is -1.88. The third-order valence-corrected chi connectivity index (χ3v) is 2.86. The summed E-state index contributed by atoms with van der Waals surface area (Å²) >= 11 is 4.97. The predicted octanol–water partition coefficient (Wildman–Crippen LogP) is 2.23. The maximum atomic E-state index is 11.2. The van der Waals surface area contributed by atoms with Gasteiger partial charge in [0.15, 0.2) is 4.77 Å². The number of fused-ring (bicyclic) bond motifs is 1. The van der Waals surface area contributed by atoms with Gasteiger partial charge in [-0.3, -0.25) is 4.79 Å². The molecule has 1 aromatic heterocycles. The molecule has 80 valence electrons. The molecule has 0 bridgehead atoms. The van der Waals surface area contributed by atoms with Gasteiger partial charge in [-0.2, -0.15) is 0 Å². The van der Waals surface area contributed by atoms with E-state index in [9.17, 15) is 4.79 Å². The second-order valence-corrected chi connectivity index (χ2v) is 4.16. The van der Waals surface area contributed by atoms with Crippen molar-refractivity contribution in [3.63, 3.8) is 0 Å². The summed E-state index contributed by atoms with van der Waals surface area (Å²) in [5, 5.41) is 2.80. The van der Waals surface area contributed by atoms with E-state index in [0.29, 0.717) is 11.2 Å². The summed E-state index contributed by atoms with van der Waals surface area (Å²) in [5.74, 6) is 0.0501. The number of carbonyl (C=O) groups excluding carboxylic acids is 1. The Morgan fingerprint density at radius 1 is 1.31 bits per heavy atom. The predicted molar refractivity (Wildman–Crippen MR) is 63.7 cm³/mol. The number of H-pyrrole nitrogens is 2. The zero-order chi connectivity index (χ0) is 11.1. The molecule has 2 heterocycles. The average Bonchev–Trinajstić information content (AvgIpc) is 2.81. The summed E-state index contributed by atoms with van der Waals surface area (Å²) in [6, 6.07) is 5.88. The van der Waals surface area contributed by atoms with Crippen molar-refractivity contribution in [3.05, 3.63) is 34.7 Å². The summed E-state index contributed by atoms with van der Waals surface area (Å²) in [6.07, 6.45) is 2.28. The van der Waals surface area contributed by atoms with Gasteiger partial charge in [0.2, 0.25) is 5.91 Å². The van der Waals surface area contributed by atoms with Crippen LogP contribution in [-0.2, 0) is 11.2 Å². The standard InChI is InChI=1S/C11H9N3OS/c15-10-4-7-3-6(1-2-8(7)13-10)9-5-12-11(16)14-9/h1-3,5H,4H2,(H,13,15)(H2,12,14,16). The highest BCUT2D eigenvalue weighted by Crippen LogP contribution is 2.27. The van der Waals surface area contributed by atoms with Gasteiger partial charge in [-0.25, -0.2) is 0 Å². The lowest BCUT2D eigenvalue weighted by atomic mass is 10.1. The zero-order valence-corrected chi connectivity index (χ0v) is 9.15. The van der Waals surface area contributed by atoms with Crippen molar-refractivity contribution in [2.75, 3.05) is 5.32 Å². The summed E-state index contributed by atoms with van der Waals surface area (Å²) in [6.45, 7) is 0. The van der Waals surface area contributed by atoms with Crippen LogP contribution in [0.25, 0.3) is 11.3 Å². The summed E-state index contributed by atoms with van der Waals surface area (Å²) in [5.41, 5.74) is 3.90. The van der Waals surface area contributed by atoms with Crippen LogP contribution >= 0.6 is 12.2 Å². The topological polar surface area (TPSA) is 60.7 Å². The van der Waals surface area contributed by atoms with Gasteiger partial charge in [0.25, 0.3) is 0 Å².